The van der Waals surface area contributed by atoms with Crippen LogP contribution in [0.3, 0.4) is 0 Å². The lowest BCUT2D eigenvalue weighted by atomic mass is 10.1. The molecule has 2 rings (SSSR count). The van der Waals surface area contributed by atoms with Crippen molar-refractivity contribution in [2.45, 2.75) is 32.9 Å². The Kier molecular flexibility index (Phi) is 5.43. The molecule has 0 radical (unpaired) electrons. The second kappa shape index (κ2) is 7.31. The number of aryl methyl sites for hydroxylation is 1. The summed E-state index contributed by atoms with van der Waals surface area (Å²) in [4.78, 5) is 0. The second-order valence-corrected chi connectivity index (χ2v) is 5.04. The number of hydrogen-bond donors (Lipinski definition) is 1. The molecule has 0 bridgehead atoms. The summed E-state index contributed by atoms with van der Waals surface area (Å²) in [6, 6.07) is 10.1. The van der Waals surface area contributed by atoms with Gasteiger partial charge in [-0.1, -0.05) is 30.7 Å². The highest BCUT2D eigenvalue weighted by Gasteiger charge is 2.00. The first-order chi connectivity index (χ1) is 9.29. The second-order valence-electron chi connectivity index (χ2n) is 4.60. The molecule has 102 valence electrons. The third-order valence-corrected chi connectivity index (χ3v) is 3.30. The molecule has 0 unspecified atom stereocenters. The van der Waals surface area contributed by atoms with Gasteiger partial charge in [-0.2, -0.15) is 5.10 Å². The Labute approximate surface area is 119 Å². The van der Waals surface area contributed by atoms with Crippen LogP contribution in [0.1, 0.15) is 24.6 Å². The van der Waals surface area contributed by atoms with Gasteiger partial charge < -0.3 is 5.32 Å². The lowest BCUT2D eigenvalue weighted by molar-refractivity contribution is 0.550. The van der Waals surface area contributed by atoms with Crippen LogP contribution in [-0.4, -0.2) is 16.3 Å². The van der Waals surface area contributed by atoms with Crippen molar-refractivity contribution in [2.24, 2.45) is 0 Å². The van der Waals surface area contributed by atoms with Crippen LogP contribution in [0.15, 0.2) is 36.5 Å². The van der Waals surface area contributed by atoms with Crippen LogP contribution in [0.25, 0.3) is 0 Å². The maximum absolute atomic E-state index is 5.86. The Hall–Kier alpha value is -1.32. The minimum atomic E-state index is 0.792. The highest BCUT2D eigenvalue weighted by molar-refractivity contribution is 6.30. The van der Waals surface area contributed by atoms with Crippen LogP contribution in [0.4, 0.5) is 0 Å². The smallest absolute Gasteiger partial charge is 0.0522 e. The van der Waals surface area contributed by atoms with Gasteiger partial charge in [-0.3, -0.25) is 4.68 Å². The summed E-state index contributed by atoms with van der Waals surface area (Å²) in [5.74, 6) is 0. The summed E-state index contributed by atoms with van der Waals surface area (Å²) >= 11 is 5.86. The van der Waals surface area contributed by atoms with Gasteiger partial charge in [0.05, 0.1) is 5.69 Å². The van der Waals surface area contributed by atoms with Crippen molar-refractivity contribution < 1.29 is 0 Å². The van der Waals surface area contributed by atoms with E-state index in [1.54, 1.807) is 0 Å². The van der Waals surface area contributed by atoms with E-state index in [0.29, 0.717) is 0 Å². The van der Waals surface area contributed by atoms with Crippen LogP contribution in [0, 0.1) is 0 Å². The van der Waals surface area contributed by atoms with Crippen molar-refractivity contribution in [1.82, 2.24) is 15.1 Å². The highest BCUT2D eigenvalue weighted by Crippen LogP contribution is 2.09. The maximum atomic E-state index is 5.86. The summed E-state index contributed by atoms with van der Waals surface area (Å²) in [5, 5.41) is 8.56. The molecule has 1 aromatic heterocycles. The Balaban J connectivity index is 1.74. The lowest BCUT2D eigenvalue weighted by Crippen LogP contribution is -2.19. The Morgan fingerprint density at radius 2 is 2.00 bits per heavy atom. The van der Waals surface area contributed by atoms with Crippen molar-refractivity contribution in [3.8, 4) is 0 Å². The largest absolute Gasteiger partial charge is 0.311 e. The molecule has 0 saturated heterocycles. The van der Waals surface area contributed by atoms with Gasteiger partial charge in [0.2, 0.25) is 0 Å². The molecule has 0 amide bonds. The van der Waals surface area contributed by atoms with E-state index < -0.39 is 0 Å². The molecule has 19 heavy (non-hydrogen) atoms. The SMILES string of the molecule is CCCn1nccc1CNCCc1ccc(Cl)cc1. The van der Waals surface area contributed by atoms with Gasteiger partial charge in [0, 0.05) is 24.3 Å². The molecular weight excluding hydrogens is 258 g/mol. The van der Waals surface area contributed by atoms with Crippen LogP contribution >= 0.6 is 11.6 Å². The maximum Gasteiger partial charge on any atom is 0.0522 e. The molecule has 0 fully saturated rings. The van der Waals surface area contributed by atoms with Gasteiger partial charge in [-0.05, 0) is 43.1 Å². The van der Waals surface area contributed by atoms with Crippen LogP contribution in [0.5, 0.6) is 0 Å². The van der Waals surface area contributed by atoms with E-state index in [1.807, 2.05) is 18.3 Å². The van der Waals surface area contributed by atoms with Gasteiger partial charge in [-0.15, -0.1) is 0 Å². The molecule has 1 aromatic carbocycles. The number of benzene rings is 1. The average Bonchev–Trinajstić information content (AvgIpc) is 2.85. The van der Waals surface area contributed by atoms with Crippen molar-refractivity contribution in [3.05, 3.63) is 52.8 Å². The van der Waals surface area contributed by atoms with Crippen LogP contribution in [-0.2, 0) is 19.5 Å². The topological polar surface area (TPSA) is 29.9 Å². The van der Waals surface area contributed by atoms with E-state index in [-0.39, 0.29) is 0 Å². The van der Waals surface area contributed by atoms with Crippen LogP contribution in [0.2, 0.25) is 5.02 Å². The Bertz CT molecular complexity index is 490. The molecule has 0 spiro atoms. The predicted octanol–water partition coefficient (Wildman–Crippen LogP) is 3.28. The average molecular weight is 278 g/mol. The fraction of sp³-hybridized carbons (Fsp3) is 0.400. The number of hydrogen-bond acceptors (Lipinski definition) is 2. The zero-order valence-electron chi connectivity index (χ0n) is 11.3. The molecular formula is C15H20ClN3. The molecule has 4 heteroatoms. The Morgan fingerprint density at radius 1 is 1.21 bits per heavy atom. The van der Waals surface area contributed by atoms with Gasteiger partial charge in [-0.25, -0.2) is 0 Å². The highest BCUT2D eigenvalue weighted by atomic mass is 35.5. The first-order valence-corrected chi connectivity index (χ1v) is 7.13. The lowest BCUT2D eigenvalue weighted by Gasteiger charge is -2.08. The van der Waals surface area contributed by atoms with Crippen molar-refractivity contribution >= 4 is 11.6 Å². The molecule has 0 saturated carbocycles. The summed E-state index contributed by atoms with van der Waals surface area (Å²) in [6.45, 7) is 4.98. The van der Waals surface area contributed by atoms with Gasteiger partial charge >= 0.3 is 0 Å². The number of nitrogens with one attached hydrogen (secondary N) is 1. The number of halogens is 1. The minimum absolute atomic E-state index is 0.792. The van der Waals surface area contributed by atoms with Gasteiger partial charge in [0.1, 0.15) is 0 Å². The Morgan fingerprint density at radius 3 is 2.74 bits per heavy atom. The number of aromatic nitrogens is 2. The fourth-order valence-corrected chi connectivity index (χ4v) is 2.15. The molecule has 0 aliphatic carbocycles. The third kappa shape index (κ3) is 4.37. The van der Waals surface area contributed by atoms with E-state index in [9.17, 15) is 0 Å². The molecule has 1 N–H and O–H groups in total. The monoisotopic (exact) mass is 277 g/mol. The van der Waals surface area contributed by atoms with Crippen molar-refractivity contribution in [3.63, 3.8) is 0 Å². The van der Waals surface area contributed by atoms with E-state index in [4.69, 9.17) is 11.6 Å². The summed E-state index contributed by atoms with van der Waals surface area (Å²) in [6.07, 6.45) is 3.99. The van der Waals surface area contributed by atoms with Crippen molar-refractivity contribution in [2.75, 3.05) is 6.54 Å². The molecule has 0 atom stereocenters. The summed E-state index contributed by atoms with van der Waals surface area (Å²) in [7, 11) is 0. The predicted molar refractivity (Wildman–Crippen MR) is 79.4 cm³/mol. The van der Waals surface area contributed by atoms with E-state index in [2.05, 4.69) is 40.2 Å². The normalized spacial score (nSPS) is 10.8. The zero-order chi connectivity index (χ0) is 13.5. The fourth-order valence-electron chi connectivity index (χ4n) is 2.02. The first kappa shape index (κ1) is 14.1. The molecule has 0 aliphatic rings. The quantitative estimate of drug-likeness (QED) is 0.787. The van der Waals surface area contributed by atoms with Crippen molar-refractivity contribution in [1.29, 1.82) is 0 Å². The summed E-state index contributed by atoms with van der Waals surface area (Å²) < 4.78 is 2.06. The van der Waals surface area contributed by atoms with E-state index in [1.165, 1.54) is 11.3 Å². The molecule has 3 nitrogen and oxygen atoms in total. The van der Waals surface area contributed by atoms with Gasteiger partial charge in [0.15, 0.2) is 0 Å². The molecule has 1 heterocycles. The summed E-state index contributed by atoms with van der Waals surface area (Å²) in [5.41, 5.74) is 2.55. The van der Waals surface area contributed by atoms with Gasteiger partial charge in [0.25, 0.3) is 0 Å². The zero-order valence-corrected chi connectivity index (χ0v) is 12.0. The van der Waals surface area contributed by atoms with E-state index >= 15 is 0 Å². The van der Waals surface area contributed by atoms with E-state index in [0.717, 1.165) is 37.5 Å². The standard InChI is InChI=1S/C15H20ClN3/c1-2-11-19-15(8-10-18-19)12-17-9-7-13-3-5-14(16)6-4-13/h3-6,8,10,17H,2,7,9,11-12H2,1H3. The first-order valence-electron chi connectivity index (χ1n) is 6.75. The minimum Gasteiger partial charge on any atom is -0.311 e. The molecule has 2 aromatic rings. The number of rotatable bonds is 7. The molecule has 0 aliphatic heterocycles. The number of nitrogens with zero attached hydrogens (tertiary/aromatic N) is 2. The third-order valence-electron chi connectivity index (χ3n) is 3.05. The van der Waals surface area contributed by atoms with Crippen LogP contribution < -0.4 is 5.32 Å².